The van der Waals surface area contributed by atoms with Gasteiger partial charge < -0.3 is 9.64 Å². The zero-order valence-corrected chi connectivity index (χ0v) is 13.6. The Morgan fingerprint density at radius 1 is 1.35 bits per heavy atom. The van der Waals surface area contributed by atoms with Gasteiger partial charge in [0.15, 0.2) is 0 Å². The van der Waals surface area contributed by atoms with Crippen LogP contribution in [0, 0.1) is 5.92 Å². The van der Waals surface area contributed by atoms with Gasteiger partial charge in [-0.25, -0.2) is 0 Å². The van der Waals surface area contributed by atoms with Crippen LogP contribution < -0.4 is 4.74 Å². The summed E-state index contributed by atoms with van der Waals surface area (Å²) in [5.74, 6) is 1.60. The second-order valence-corrected chi connectivity index (χ2v) is 6.47. The molecule has 108 valence electrons. The fourth-order valence-electron chi connectivity index (χ4n) is 2.90. The van der Waals surface area contributed by atoms with Crippen molar-refractivity contribution in [1.29, 1.82) is 0 Å². The number of nitrogens with zero attached hydrogens (tertiary/aromatic N) is 3. The summed E-state index contributed by atoms with van der Waals surface area (Å²) in [6, 6.07) is 4.03. The minimum atomic E-state index is 0.731. The van der Waals surface area contributed by atoms with Gasteiger partial charge in [0, 0.05) is 12.7 Å². The van der Waals surface area contributed by atoms with Crippen LogP contribution in [0.3, 0.4) is 0 Å². The summed E-state index contributed by atoms with van der Waals surface area (Å²) in [4.78, 5) is 2.40. The summed E-state index contributed by atoms with van der Waals surface area (Å²) in [6.07, 6.45) is 4.62. The van der Waals surface area contributed by atoms with Crippen molar-refractivity contribution in [3.8, 4) is 5.75 Å². The molecule has 0 unspecified atom stereocenters. The topological polar surface area (TPSA) is 30.3 Å². The number of methoxy groups -OCH3 is 1. The van der Waals surface area contributed by atoms with Crippen molar-refractivity contribution in [1.82, 2.24) is 14.7 Å². The SMILES string of the molecule is COc1c(Br)ccc2nn(CC3CCN(C)CC3)cc12. The lowest BCUT2D eigenvalue weighted by Gasteiger charge is -2.28. The molecule has 1 aromatic heterocycles. The Morgan fingerprint density at radius 3 is 2.80 bits per heavy atom. The highest BCUT2D eigenvalue weighted by Crippen LogP contribution is 2.33. The summed E-state index contributed by atoms with van der Waals surface area (Å²) >= 11 is 3.52. The molecule has 3 rings (SSSR count). The van der Waals surface area contributed by atoms with Crippen molar-refractivity contribution in [2.45, 2.75) is 19.4 Å². The summed E-state index contributed by atoms with van der Waals surface area (Å²) in [6.45, 7) is 3.39. The Hall–Kier alpha value is -1.07. The number of fused-ring (bicyclic) bond motifs is 1. The molecular weight excluding hydrogens is 318 g/mol. The number of halogens is 1. The fraction of sp³-hybridized carbons (Fsp3) is 0.533. The van der Waals surface area contributed by atoms with E-state index in [1.807, 2.05) is 12.1 Å². The van der Waals surface area contributed by atoms with Gasteiger partial charge in [-0.05, 0) is 67.0 Å². The van der Waals surface area contributed by atoms with Gasteiger partial charge in [-0.3, -0.25) is 4.68 Å². The van der Waals surface area contributed by atoms with Crippen molar-refractivity contribution < 1.29 is 4.74 Å². The summed E-state index contributed by atoms with van der Waals surface area (Å²) < 4.78 is 8.53. The maximum absolute atomic E-state index is 5.47. The number of hydrogen-bond donors (Lipinski definition) is 0. The molecule has 0 aliphatic carbocycles. The van der Waals surface area contributed by atoms with Gasteiger partial charge in [-0.1, -0.05) is 0 Å². The standard InChI is InChI=1S/C15H20BrN3O/c1-18-7-5-11(6-8-18)9-19-10-12-14(17-19)4-3-13(16)15(12)20-2/h3-4,10-11H,5-9H2,1-2H3. The van der Waals surface area contributed by atoms with Crippen molar-refractivity contribution in [3.63, 3.8) is 0 Å². The van der Waals surface area contributed by atoms with E-state index >= 15 is 0 Å². The molecule has 0 spiro atoms. The van der Waals surface area contributed by atoms with Crippen LogP contribution in [0.4, 0.5) is 0 Å². The van der Waals surface area contributed by atoms with Crippen molar-refractivity contribution >= 4 is 26.8 Å². The lowest BCUT2D eigenvalue weighted by Crippen LogP contribution is -2.31. The smallest absolute Gasteiger partial charge is 0.144 e. The van der Waals surface area contributed by atoms with E-state index in [2.05, 4.69) is 43.9 Å². The van der Waals surface area contributed by atoms with Crippen LogP contribution in [0.2, 0.25) is 0 Å². The third kappa shape index (κ3) is 2.69. The van der Waals surface area contributed by atoms with Crippen LogP contribution >= 0.6 is 15.9 Å². The van der Waals surface area contributed by atoms with E-state index in [1.54, 1.807) is 7.11 Å². The monoisotopic (exact) mass is 337 g/mol. The molecule has 0 amide bonds. The quantitative estimate of drug-likeness (QED) is 0.861. The molecule has 2 heterocycles. The van der Waals surface area contributed by atoms with Crippen molar-refractivity contribution in [3.05, 3.63) is 22.8 Å². The van der Waals surface area contributed by atoms with Crippen LogP contribution in [0.25, 0.3) is 10.9 Å². The fourth-order valence-corrected chi connectivity index (χ4v) is 3.41. The normalized spacial score (nSPS) is 17.8. The molecule has 0 N–H and O–H groups in total. The number of rotatable bonds is 3. The van der Waals surface area contributed by atoms with E-state index in [-0.39, 0.29) is 0 Å². The Bertz CT molecular complexity index is 602. The van der Waals surface area contributed by atoms with E-state index in [0.29, 0.717) is 0 Å². The molecule has 1 aliphatic rings. The molecule has 4 nitrogen and oxygen atoms in total. The average molecular weight is 338 g/mol. The first-order chi connectivity index (χ1) is 9.67. The molecule has 0 atom stereocenters. The van der Waals surface area contributed by atoms with Crippen LogP contribution in [-0.2, 0) is 6.54 Å². The largest absolute Gasteiger partial charge is 0.495 e. The van der Waals surface area contributed by atoms with E-state index in [0.717, 1.165) is 33.6 Å². The molecule has 0 bridgehead atoms. The molecule has 20 heavy (non-hydrogen) atoms. The van der Waals surface area contributed by atoms with E-state index in [1.165, 1.54) is 25.9 Å². The first kappa shape index (κ1) is 13.9. The zero-order chi connectivity index (χ0) is 14.1. The Labute approximate surface area is 127 Å². The van der Waals surface area contributed by atoms with Gasteiger partial charge in [-0.15, -0.1) is 0 Å². The molecule has 1 fully saturated rings. The summed E-state index contributed by atoms with van der Waals surface area (Å²) in [5, 5.41) is 5.76. The van der Waals surface area contributed by atoms with E-state index in [4.69, 9.17) is 4.74 Å². The third-order valence-corrected chi connectivity index (χ3v) is 4.75. The Kier molecular flexibility index (Phi) is 3.98. The Morgan fingerprint density at radius 2 is 2.10 bits per heavy atom. The molecule has 1 aliphatic heterocycles. The molecule has 5 heteroatoms. The summed E-state index contributed by atoms with van der Waals surface area (Å²) in [7, 11) is 3.90. The third-order valence-electron chi connectivity index (χ3n) is 4.13. The van der Waals surface area contributed by atoms with Gasteiger partial charge in [0.1, 0.15) is 5.75 Å². The second kappa shape index (κ2) is 5.74. The second-order valence-electron chi connectivity index (χ2n) is 5.61. The van der Waals surface area contributed by atoms with Gasteiger partial charge >= 0.3 is 0 Å². The lowest BCUT2D eigenvalue weighted by molar-refractivity contribution is 0.201. The number of likely N-dealkylation sites (tertiary alicyclic amines) is 1. The molecule has 0 saturated carbocycles. The Balaban J connectivity index is 1.82. The number of hydrogen-bond acceptors (Lipinski definition) is 3. The molecule has 0 radical (unpaired) electrons. The highest BCUT2D eigenvalue weighted by atomic mass is 79.9. The number of ether oxygens (including phenoxy) is 1. The predicted molar refractivity (Wildman–Crippen MR) is 84.2 cm³/mol. The highest BCUT2D eigenvalue weighted by Gasteiger charge is 2.18. The highest BCUT2D eigenvalue weighted by molar-refractivity contribution is 9.10. The number of aromatic nitrogens is 2. The first-order valence-electron chi connectivity index (χ1n) is 7.05. The number of benzene rings is 1. The average Bonchev–Trinajstić information content (AvgIpc) is 2.84. The summed E-state index contributed by atoms with van der Waals surface area (Å²) in [5.41, 5.74) is 0.998. The van der Waals surface area contributed by atoms with E-state index < -0.39 is 0 Å². The zero-order valence-electron chi connectivity index (χ0n) is 12.0. The van der Waals surface area contributed by atoms with Crippen LogP contribution in [0.5, 0.6) is 5.75 Å². The van der Waals surface area contributed by atoms with Crippen LogP contribution in [0.15, 0.2) is 22.8 Å². The minimum Gasteiger partial charge on any atom is -0.495 e. The molecule has 1 saturated heterocycles. The van der Waals surface area contributed by atoms with Crippen LogP contribution in [-0.4, -0.2) is 41.9 Å². The van der Waals surface area contributed by atoms with Gasteiger partial charge in [0.05, 0.1) is 22.5 Å². The maximum atomic E-state index is 5.47. The molecule has 2 aromatic rings. The van der Waals surface area contributed by atoms with Crippen LogP contribution in [0.1, 0.15) is 12.8 Å². The molecule has 1 aromatic carbocycles. The van der Waals surface area contributed by atoms with Crippen molar-refractivity contribution in [2.24, 2.45) is 5.92 Å². The predicted octanol–water partition coefficient (Wildman–Crippen LogP) is 3.15. The first-order valence-corrected chi connectivity index (χ1v) is 7.85. The minimum absolute atomic E-state index is 0.731. The molecular formula is C15H20BrN3O. The van der Waals surface area contributed by atoms with Crippen molar-refractivity contribution in [2.75, 3.05) is 27.2 Å². The lowest BCUT2D eigenvalue weighted by atomic mass is 9.97. The van der Waals surface area contributed by atoms with E-state index in [9.17, 15) is 0 Å². The number of piperidine rings is 1. The van der Waals surface area contributed by atoms with Gasteiger partial charge in [0.2, 0.25) is 0 Å². The maximum Gasteiger partial charge on any atom is 0.144 e. The van der Waals surface area contributed by atoms with Gasteiger partial charge in [0.25, 0.3) is 0 Å². The van der Waals surface area contributed by atoms with Gasteiger partial charge in [-0.2, -0.15) is 5.10 Å².